The van der Waals surface area contributed by atoms with Gasteiger partial charge in [-0.25, -0.2) is 22.1 Å². The monoisotopic (exact) mass is 490 g/mol. The largest absolute Gasteiger partial charge is 0.497 e. The van der Waals surface area contributed by atoms with E-state index in [2.05, 4.69) is 20.9 Å². The van der Waals surface area contributed by atoms with E-state index in [1.54, 1.807) is 36.8 Å². The SMILES string of the molecule is COc1ccc(CN(c2nccs2)S(=O)(=O)c2cc(Cl)c(Br)cc2F)cc1. The average Bonchev–Trinajstić information content (AvgIpc) is 3.17. The minimum atomic E-state index is -4.24. The number of hydrogen-bond donors (Lipinski definition) is 0. The third-order valence-corrected chi connectivity index (χ3v) is 7.52. The molecule has 5 nitrogen and oxygen atoms in total. The van der Waals surface area contributed by atoms with Crippen molar-refractivity contribution in [2.75, 3.05) is 11.4 Å². The van der Waals surface area contributed by atoms with Crippen LogP contribution in [0.1, 0.15) is 5.56 Å². The number of methoxy groups -OCH3 is 1. The van der Waals surface area contributed by atoms with Crippen LogP contribution >= 0.6 is 38.9 Å². The summed E-state index contributed by atoms with van der Waals surface area (Å²) in [5, 5.41) is 1.97. The van der Waals surface area contributed by atoms with Gasteiger partial charge in [0.15, 0.2) is 5.13 Å². The van der Waals surface area contributed by atoms with Gasteiger partial charge in [-0.15, -0.1) is 11.3 Å². The van der Waals surface area contributed by atoms with E-state index < -0.39 is 20.7 Å². The van der Waals surface area contributed by atoms with Crippen molar-refractivity contribution in [2.24, 2.45) is 0 Å². The van der Waals surface area contributed by atoms with E-state index in [9.17, 15) is 12.8 Å². The molecule has 0 aliphatic carbocycles. The average molecular weight is 492 g/mol. The molecule has 1 aromatic heterocycles. The topological polar surface area (TPSA) is 59.5 Å². The number of halogens is 3. The molecular weight excluding hydrogens is 479 g/mol. The van der Waals surface area contributed by atoms with Gasteiger partial charge >= 0.3 is 0 Å². The summed E-state index contributed by atoms with van der Waals surface area (Å²) in [7, 11) is -2.70. The lowest BCUT2D eigenvalue weighted by molar-refractivity contribution is 0.414. The van der Waals surface area contributed by atoms with Gasteiger partial charge < -0.3 is 4.74 Å². The van der Waals surface area contributed by atoms with Crippen molar-refractivity contribution in [3.05, 3.63) is 68.9 Å². The van der Waals surface area contributed by atoms with Gasteiger partial charge in [-0.05, 0) is 45.8 Å². The van der Waals surface area contributed by atoms with Gasteiger partial charge in [0.2, 0.25) is 0 Å². The molecule has 142 valence electrons. The molecule has 27 heavy (non-hydrogen) atoms. The minimum Gasteiger partial charge on any atom is -0.497 e. The molecule has 0 N–H and O–H groups in total. The second kappa shape index (κ2) is 8.14. The number of ether oxygens (including phenoxy) is 1. The van der Waals surface area contributed by atoms with Crippen molar-refractivity contribution in [2.45, 2.75) is 11.4 Å². The zero-order chi connectivity index (χ0) is 19.6. The Labute approximate surface area is 173 Å². The van der Waals surface area contributed by atoms with Gasteiger partial charge in [0.1, 0.15) is 16.5 Å². The Morgan fingerprint density at radius 3 is 2.59 bits per heavy atom. The second-order valence-corrected chi connectivity index (χ2v) is 9.34. The molecule has 0 unspecified atom stereocenters. The standard InChI is InChI=1S/C17H13BrClFN2O3S2/c1-25-12-4-2-11(3-5-12)10-22(17-21-6-7-26-17)27(23,24)16-9-14(19)13(18)8-15(16)20/h2-9H,10H2,1H3. The molecule has 0 saturated heterocycles. The first-order valence-electron chi connectivity index (χ1n) is 7.52. The number of thiazole rings is 1. The molecule has 10 heteroatoms. The van der Waals surface area contributed by atoms with E-state index in [1.807, 2.05) is 0 Å². The molecule has 0 aliphatic heterocycles. The van der Waals surface area contributed by atoms with E-state index >= 15 is 0 Å². The Balaban J connectivity index is 2.06. The van der Waals surface area contributed by atoms with Gasteiger partial charge in [0, 0.05) is 16.0 Å². The van der Waals surface area contributed by atoms with Crippen molar-refractivity contribution >= 4 is 54.0 Å². The zero-order valence-electron chi connectivity index (χ0n) is 13.9. The fourth-order valence-electron chi connectivity index (χ4n) is 2.31. The minimum absolute atomic E-state index is 0.0209. The molecule has 0 radical (unpaired) electrons. The number of benzene rings is 2. The summed E-state index contributed by atoms with van der Waals surface area (Å²) >= 11 is 10.2. The lowest BCUT2D eigenvalue weighted by atomic mass is 10.2. The van der Waals surface area contributed by atoms with E-state index in [1.165, 1.54) is 6.20 Å². The summed E-state index contributed by atoms with van der Waals surface area (Å²) in [4.78, 5) is 3.57. The van der Waals surface area contributed by atoms with E-state index in [-0.39, 0.29) is 21.2 Å². The molecule has 0 spiro atoms. The summed E-state index contributed by atoms with van der Waals surface area (Å²) in [6.45, 7) is -0.0209. The number of aromatic nitrogens is 1. The molecule has 3 rings (SSSR count). The molecule has 3 aromatic rings. The van der Waals surface area contributed by atoms with Crippen LogP contribution in [0.4, 0.5) is 9.52 Å². The van der Waals surface area contributed by atoms with Crippen LogP contribution in [0.5, 0.6) is 5.75 Å². The van der Waals surface area contributed by atoms with E-state index in [0.29, 0.717) is 11.3 Å². The number of sulfonamides is 1. The van der Waals surface area contributed by atoms with Gasteiger partial charge in [0.25, 0.3) is 10.0 Å². The highest BCUT2D eigenvalue weighted by atomic mass is 79.9. The van der Waals surface area contributed by atoms with Crippen LogP contribution in [0.15, 0.2) is 57.3 Å². The smallest absolute Gasteiger partial charge is 0.269 e. The Hall–Kier alpha value is -1.68. The maximum absolute atomic E-state index is 14.4. The Bertz CT molecular complexity index is 1040. The van der Waals surface area contributed by atoms with Gasteiger partial charge in [-0.1, -0.05) is 23.7 Å². The van der Waals surface area contributed by atoms with Crippen molar-refractivity contribution in [1.29, 1.82) is 0 Å². The summed E-state index contributed by atoms with van der Waals surface area (Å²) in [6.07, 6.45) is 1.49. The summed E-state index contributed by atoms with van der Waals surface area (Å²) in [5.74, 6) is -0.254. The van der Waals surface area contributed by atoms with Crippen LogP contribution in [0.2, 0.25) is 5.02 Å². The molecule has 0 atom stereocenters. The van der Waals surface area contributed by atoms with Crippen molar-refractivity contribution in [3.8, 4) is 5.75 Å². The van der Waals surface area contributed by atoms with Crippen LogP contribution in [0.25, 0.3) is 0 Å². The number of nitrogens with zero attached hydrogens (tertiary/aromatic N) is 2. The Morgan fingerprint density at radius 1 is 1.30 bits per heavy atom. The highest BCUT2D eigenvalue weighted by molar-refractivity contribution is 9.10. The fourth-order valence-corrected chi connectivity index (χ4v) is 5.21. The molecule has 0 fully saturated rings. The van der Waals surface area contributed by atoms with Crippen molar-refractivity contribution < 1.29 is 17.5 Å². The van der Waals surface area contributed by atoms with Gasteiger partial charge in [-0.3, -0.25) is 0 Å². The number of rotatable bonds is 6. The van der Waals surface area contributed by atoms with Gasteiger partial charge in [-0.2, -0.15) is 0 Å². The third-order valence-electron chi connectivity index (χ3n) is 3.66. The second-order valence-electron chi connectivity index (χ2n) is 5.37. The first-order valence-corrected chi connectivity index (χ1v) is 11.0. The quantitative estimate of drug-likeness (QED) is 0.450. The molecule has 2 aromatic carbocycles. The maximum atomic E-state index is 14.4. The third kappa shape index (κ3) is 4.26. The molecule has 0 bridgehead atoms. The lowest BCUT2D eigenvalue weighted by Gasteiger charge is -2.22. The molecule has 0 saturated carbocycles. The Kier molecular flexibility index (Phi) is 6.05. The normalized spacial score (nSPS) is 11.4. The predicted molar refractivity (Wildman–Crippen MR) is 108 cm³/mol. The summed E-state index contributed by atoms with van der Waals surface area (Å²) in [6, 6.07) is 9.03. The zero-order valence-corrected chi connectivity index (χ0v) is 17.9. The van der Waals surface area contributed by atoms with Crippen LogP contribution < -0.4 is 9.04 Å². The molecule has 0 amide bonds. The van der Waals surface area contributed by atoms with Crippen LogP contribution in [-0.2, 0) is 16.6 Å². The van der Waals surface area contributed by atoms with E-state index in [0.717, 1.165) is 27.8 Å². The van der Waals surface area contributed by atoms with Crippen LogP contribution in [0.3, 0.4) is 0 Å². The summed E-state index contributed by atoms with van der Waals surface area (Å²) in [5.41, 5.74) is 0.693. The lowest BCUT2D eigenvalue weighted by Crippen LogP contribution is -2.31. The van der Waals surface area contributed by atoms with Crippen LogP contribution in [-0.4, -0.2) is 20.5 Å². The highest BCUT2D eigenvalue weighted by Gasteiger charge is 2.30. The molecular formula is C17H13BrClFN2O3S2. The first-order chi connectivity index (χ1) is 12.8. The van der Waals surface area contributed by atoms with E-state index in [4.69, 9.17) is 16.3 Å². The highest BCUT2D eigenvalue weighted by Crippen LogP contribution is 2.33. The van der Waals surface area contributed by atoms with Crippen molar-refractivity contribution in [1.82, 2.24) is 4.98 Å². The van der Waals surface area contributed by atoms with Crippen LogP contribution in [0, 0.1) is 5.82 Å². The first kappa shape index (κ1) is 20.1. The van der Waals surface area contributed by atoms with Crippen molar-refractivity contribution in [3.63, 3.8) is 0 Å². The molecule has 1 heterocycles. The fraction of sp³-hybridized carbons (Fsp3) is 0.118. The summed E-state index contributed by atoms with van der Waals surface area (Å²) < 4.78 is 47.3. The maximum Gasteiger partial charge on any atom is 0.269 e. The number of anilines is 1. The van der Waals surface area contributed by atoms with Gasteiger partial charge in [0.05, 0.1) is 18.7 Å². The number of hydrogen-bond acceptors (Lipinski definition) is 5. The predicted octanol–water partition coefficient (Wildman–Crippen LogP) is 5.10. The Morgan fingerprint density at radius 2 is 2.00 bits per heavy atom. The molecule has 0 aliphatic rings.